The minimum Gasteiger partial charge on any atom is -0.508 e. The summed E-state index contributed by atoms with van der Waals surface area (Å²) >= 11 is 0. The number of carbonyl (C=O) groups is 1. The van der Waals surface area contributed by atoms with Crippen molar-refractivity contribution in [1.29, 1.82) is 0 Å². The van der Waals surface area contributed by atoms with Gasteiger partial charge in [-0.3, -0.25) is 0 Å². The van der Waals surface area contributed by atoms with Gasteiger partial charge >= 0.3 is 6.03 Å². The van der Waals surface area contributed by atoms with Gasteiger partial charge in [0.1, 0.15) is 11.6 Å². The largest absolute Gasteiger partial charge is 0.508 e. The van der Waals surface area contributed by atoms with Crippen molar-refractivity contribution in [2.24, 2.45) is 0 Å². The van der Waals surface area contributed by atoms with Gasteiger partial charge in [-0.1, -0.05) is 24.3 Å². The quantitative estimate of drug-likeness (QED) is 0.888. The fourth-order valence-electron chi connectivity index (χ4n) is 3.20. The van der Waals surface area contributed by atoms with Gasteiger partial charge in [0.15, 0.2) is 0 Å². The van der Waals surface area contributed by atoms with E-state index in [2.05, 4.69) is 5.32 Å². The maximum Gasteiger partial charge on any atom is 0.317 e. The highest BCUT2D eigenvalue weighted by atomic mass is 19.1. The van der Waals surface area contributed by atoms with E-state index < -0.39 is 0 Å². The second kappa shape index (κ2) is 7.55. The van der Waals surface area contributed by atoms with E-state index in [9.17, 15) is 14.3 Å². The highest BCUT2D eigenvalue weighted by Gasteiger charge is 2.23. The molecule has 1 aliphatic rings. The Morgan fingerprint density at radius 3 is 2.52 bits per heavy atom. The summed E-state index contributed by atoms with van der Waals surface area (Å²) in [6.07, 6.45) is 1.80. The first-order valence-electron chi connectivity index (χ1n) is 8.59. The van der Waals surface area contributed by atoms with Crippen molar-refractivity contribution in [3.05, 3.63) is 65.0 Å². The number of nitrogens with one attached hydrogen (secondary N) is 1. The predicted molar refractivity (Wildman–Crippen MR) is 95.0 cm³/mol. The molecular weight excluding hydrogens is 319 g/mol. The molecular formula is C20H23FN2O2. The topological polar surface area (TPSA) is 52.6 Å². The van der Waals surface area contributed by atoms with Gasteiger partial charge in [-0.25, -0.2) is 9.18 Å². The number of piperidine rings is 1. The van der Waals surface area contributed by atoms with E-state index in [0.29, 0.717) is 31.1 Å². The van der Waals surface area contributed by atoms with Crippen LogP contribution >= 0.6 is 0 Å². The molecule has 0 radical (unpaired) electrons. The molecule has 2 amide bonds. The molecule has 3 rings (SSSR count). The zero-order valence-electron chi connectivity index (χ0n) is 14.3. The van der Waals surface area contributed by atoms with Gasteiger partial charge < -0.3 is 15.3 Å². The maximum absolute atomic E-state index is 13.5. The lowest BCUT2D eigenvalue weighted by molar-refractivity contribution is 0.181. The van der Waals surface area contributed by atoms with Crippen LogP contribution in [-0.4, -0.2) is 29.1 Å². The van der Waals surface area contributed by atoms with Crippen LogP contribution in [0.1, 0.15) is 35.4 Å². The van der Waals surface area contributed by atoms with Gasteiger partial charge in [-0.2, -0.15) is 0 Å². The molecule has 0 spiro atoms. The summed E-state index contributed by atoms with van der Waals surface area (Å²) in [6.45, 7) is 3.43. The average molecular weight is 342 g/mol. The molecule has 0 aliphatic carbocycles. The maximum atomic E-state index is 13.5. The second-order valence-corrected chi connectivity index (χ2v) is 6.60. The Hall–Kier alpha value is -2.56. The highest BCUT2D eigenvalue weighted by molar-refractivity contribution is 5.74. The van der Waals surface area contributed by atoms with E-state index in [1.165, 1.54) is 11.6 Å². The first kappa shape index (κ1) is 17.3. The number of hydrogen-bond acceptors (Lipinski definition) is 2. The van der Waals surface area contributed by atoms with Crippen LogP contribution in [-0.2, 0) is 6.54 Å². The summed E-state index contributed by atoms with van der Waals surface area (Å²) in [5.41, 5.74) is 2.56. The third-order valence-electron chi connectivity index (χ3n) is 4.83. The third kappa shape index (κ3) is 4.29. The summed E-state index contributed by atoms with van der Waals surface area (Å²) in [5.74, 6) is 0.436. The minimum atomic E-state index is -0.249. The Morgan fingerprint density at radius 2 is 1.88 bits per heavy atom. The number of phenols is 1. The molecule has 1 fully saturated rings. The number of hydrogen-bond donors (Lipinski definition) is 2. The predicted octanol–water partition coefficient (Wildman–Crippen LogP) is 3.93. The summed E-state index contributed by atoms with van der Waals surface area (Å²) < 4.78 is 13.5. The van der Waals surface area contributed by atoms with Crippen LogP contribution in [0.15, 0.2) is 42.5 Å². The number of benzene rings is 2. The molecule has 2 N–H and O–H groups in total. The van der Waals surface area contributed by atoms with Gasteiger partial charge in [0.25, 0.3) is 0 Å². The molecule has 0 bridgehead atoms. The number of phenolic OH excluding ortho intramolecular Hbond substituents is 1. The Bertz CT molecular complexity index is 738. The first-order valence-corrected chi connectivity index (χ1v) is 8.59. The Kier molecular flexibility index (Phi) is 5.22. The van der Waals surface area contributed by atoms with Crippen molar-refractivity contribution in [2.75, 3.05) is 13.1 Å². The number of urea groups is 1. The van der Waals surface area contributed by atoms with Crippen LogP contribution in [0.25, 0.3) is 0 Å². The molecule has 4 nitrogen and oxygen atoms in total. The van der Waals surface area contributed by atoms with E-state index in [1.807, 2.05) is 23.1 Å². The third-order valence-corrected chi connectivity index (χ3v) is 4.83. The molecule has 5 heteroatoms. The summed E-state index contributed by atoms with van der Waals surface area (Å²) in [4.78, 5) is 14.1. The second-order valence-electron chi connectivity index (χ2n) is 6.60. The smallest absolute Gasteiger partial charge is 0.317 e. The average Bonchev–Trinajstić information content (AvgIpc) is 2.63. The van der Waals surface area contributed by atoms with Crippen molar-refractivity contribution in [1.82, 2.24) is 10.2 Å². The van der Waals surface area contributed by atoms with Crippen LogP contribution in [0.2, 0.25) is 0 Å². The Balaban J connectivity index is 1.49. The van der Waals surface area contributed by atoms with E-state index in [1.54, 1.807) is 25.1 Å². The zero-order chi connectivity index (χ0) is 17.8. The molecule has 1 heterocycles. The fraction of sp³-hybridized carbons (Fsp3) is 0.350. The van der Waals surface area contributed by atoms with Crippen LogP contribution in [0.4, 0.5) is 9.18 Å². The van der Waals surface area contributed by atoms with E-state index >= 15 is 0 Å². The molecule has 25 heavy (non-hydrogen) atoms. The van der Waals surface area contributed by atoms with Gasteiger partial charge in [-0.15, -0.1) is 0 Å². The standard InChI is InChI=1S/C20H23FN2O2/c1-14-2-3-15(12-19(14)21)13-22-20(25)23-10-8-17(9-11-23)16-4-6-18(24)7-5-16/h2-7,12,17,24H,8-11,13H2,1H3,(H,22,25). The molecule has 1 saturated heterocycles. The molecule has 0 saturated carbocycles. The lowest BCUT2D eigenvalue weighted by Crippen LogP contribution is -2.43. The molecule has 0 aromatic heterocycles. The number of nitrogens with zero attached hydrogens (tertiary/aromatic N) is 1. The molecule has 0 unspecified atom stereocenters. The Morgan fingerprint density at radius 1 is 1.20 bits per heavy atom. The SMILES string of the molecule is Cc1ccc(CNC(=O)N2CCC(c3ccc(O)cc3)CC2)cc1F. The zero-order valence-corrected chi connectivity index (χ0v) is 14.3. The number of likely N-dealkylation sites (tertiary alicyclic amines) is 1. The van der Waals surface area contributed by atoms with Crippen molar-refractivity contribution < 1.29 is 14.3 Å². The summed E-state index contributed by atoms with van der Waals surface area (Å²) in [5, 5.41) is 12.2. The number of carbonyl (C=O) groups excluding carboxylic acids is 1. The molecule has 1 aliphatic heterocycles. The number of rotatable bonds is 3. The van der Waals surface area contributed by atoms with Crippen LogP contribution in [0.3, 0.4) is 0 Å². The van der Waals surface area contributed by atoms with Crippen LogP contribution in [0, 0.1) is 12.7 Å². The minimum absolute atomic E-state index is 0.106. The van der Waals surface area contributed by atoms with Gasteiger partial charge in [0.05, 0.1) is 0 Å². The number of amides is 2. The van der Waals surface area contributed by atoms with E-state index in [0.717, 1.165) is 18.4 Å². The highest BCUT2D eigenvalue weighted by Crippen LogP contribution is 2.29. The number of aryl methyl sites for hydroxylation is 1. The lowest BCUT2D eigenvalue weighted by atomic mass is 9.89. The van der Waals surface area contributed by atoms with E-state index in [4.69, 9.17) is 0 Å². The van der Waals surface area contributed by atoms with E-state index in [-0.39, 0.29) is 17.6 Å². The monoisotopic (exact) mass is 342 g/mol. The van der Waals surface area contributed by atoms with Crippen LogP contribution in [0.5, 0.6) is 5.75 Å². The molecule has 2 aromatic carbocycles. The van der Waals surface area contributed by atoms with Crippen molar-refractivity contribution in [3.8, 4) is 5.75 Å². The van der Waals surface area contributed by atoms with Crippen LogP contribution < -0.4 is 5.32 Å². The van der Waals surface area contributed by atoms with Crippen molar-refractivity contribution in [2.45, 2.75) is 32.2 Å². The van der Waals surface area contributed by atoms with Gasteiger partial charge in [0.2, 0.25) is 0 Å². The lowest BCUT2D eigenvalue weighted by Gasteiger charge is -2.32. The summed E-state index contributed by atoms with van der Waals surface area (Å²) in [7, 11) is 0. The van der Waals surface area contributed by atoms with Gasteiger partial charge in [-0.05, 0) is 60.6 Å². The Labute approximate surface area is 147 Å². The first-order chi connectivity index (χ1) is 12.0. The fourth-order valence-corrected chi connectivity index (χ4v) is 3.20. The normalized spacial score (nSPS) is 15.2. The van der Waals surface area contributed by atoms with Gasteiger partial charge in [0, 0.05) is 19.6 Å². The van der Waals surface area contributed by atoms with Crippen molar-refractivity contribution in [3.63, 3.8) is 0 Å². The summed E-state index contributed by atoms with van der Waals surface area (Å²) in [6, 6.07) is 12.2. The molecule has 132 valence electrons. The number of aromatic hydroxyl groups is 1. The van der Waals surface area contributed by atoms with Crippen molar-refractivity contribution >= 4 is 6.03 Å². The molecule has 2 aromatic rings. The molecule has 0 atom stereocenters. The number of halogens is 1.